The van der Waals surface area contributed by atoms with Gasteiger partial charge in [0.25, 0.3) is 0 Å². The lowest BCUT2D eigenvalue weighted by atomic mass is 9.98. The summed E-state index contributed by atoms with van der Waals surface area (Å²) in [6, 6.07) is 18.1. The van der Waals surface area contributed by atoms with E-state index in [-0.39, 0.29) is 17.9 Å². The minimum Gasteiger partial charge on any atom is -0.485 e. The number of nitrogens with two attached hydrogens (primary N) is 1. The van der Waals surface area contributed by atoms with Crippen molar-refractivity contribution >= 4 is 22.6 Å². The molecule has 3 aromatic carbocycles. The molecule has 38 heavy (non-hydrogen) atoms. The number of esters is 1. The molecule has 0 fully saturated rings. The van der Waals surface area contributed by atoms with Crippen LogP contribution in [-0.2, 0) is 22.4 Å². The van der Waals surface area contributed by atoms with Crippen LogP contribution in [0, 0.1) is 0 Å². The number of hydrogen-bond donors (Lipinski definition) is 1. The Kier molecular flexibility index (Phi) is 6.84. The van der Waals surface area contributed by atoms with E-state index in [9.17, 15) is 18.0 Å². The SMILES string of the molecule is CCOC(=O)Cc1c(OC2CCc3ccc(-c4ccc5ccnc(N)c5c4)cc32)cccc1OC(F)(F)F. The van der Waals surface area contributed by atoms with E-state index < -0.39 is 30.6 Å². The number of nitrogen functional groups attached to an aromatic ring is 1. The Morgan fingerprint density at radius 2 is 1.82 bits per heavy atom. The third-order valence-corrected chi connectivity index (χ3v) is 6.51. The van der Waals surface area contributed by atoms with Crippen LogP contribution >= 0.6 is 0 Å². The molecule has 1 heterocycles. The minimum atomic E-state index is -4.92. The molecule has 1 atom stereocenters. The third-order valence-electron chi connectivity index (χ3n) is 6.51. The second-order valence-corrected chi connectivity index (χ2v) is 8.95. The second kappa shape index (κ2) is 10.2. The number of benzene rings is 3. The van der Waals surface area contributed by atoms with Gasteiger partial charge in [-0.05, 0) is 77.7 Å². The van der Waals surface area contributed by atoms with Gasteiger partial charge in [-0.1, -0.05) is 30.3 Å². The lowest BCUT2D eigenvalue weighted by Gasteiger charge is -2.21. The average molecular weight is 523 g/mol. The Balaban J connectivity index is 1.48. The topological polar surface area (TPSA) is 83.7 Å². The number of pyridine rings is 1. The van der Waals surface area contributed by atoms with Crippen molar-refractivity contribution in [2.45, 2.75) is 38.7 Å². The second-order valence-electron chi connectivity index (χ2n) is 8.95. The highest BCUT2D eigenvalue weighted by Gasteiger charge is 2.34. The number of fused-ring (bicyclic) bond motifs is 2. The Morgan fingerprint density at radius 1 is 1.05 bits per heavy atom. The predicted molar refractivity (Wildman–Crippen MR) is 137 cm³/mol. The Bertz CT molecular complexity index is 1500. The summed E-state index contributed by atoms with van der Waals surface area (Å²) in [5, 5.41) is 1.84. The number of ether oxygens (including phenoxy) is 3. The molecule has 0 spiro atoms. The van der Waals surface area contributed by atoms with Crippen LogP contribution in [0.5, 0.6) is 11.5 Å². The van der Waals surface area contributed by atoms with Gasteiger partial charge in [0.15, 0.2) is 0 Å². The number of hydrogen-bond acceptors (Lipinski definition) is 6. The predicted octanol–water partition coefficient (Wildman–Crippen LogP) is 6.55. The minimum absolute atomic E-state index is 0.00890. The summed E-state index contributed by atoms with van der Waals surface area (Å²) < 4.78 is 54.7. The smallest absolute Gasteiger partial charge is 0.485 e. The van der Waals surface area contributed by atoms with Gasteiger partial charge in [-0.3, -0.25) is 4.79 Å². The number of halogens is 3. The average Bonchev–Trinajstić information content (AvgIpc) is 3.27. The summed E-state index contributed by atoms with van der Waals surface area (Å²) in [6.07, 6.45) is -2.70. The number of aromatic nitrogens is 1. The van der Waals surface area contributed by atoms with Crippen molar-refractivity contribution < 1.29 is 32.2 Å². The maximum Gasteiger partial charge on any atom is 0.573 e. The number of nitrogens with zero attached hydrogens (tertiary/aromatic N) is 1. The molecule has 1 aliphatic rings. The maximum atomic E-state index is 13.1. The number of anilines is 1. The van der Waals surface area contributed by atoms with Gasteiger partial charge >= 0.3 is 12.3 Å². The Labute approximate surface area is 217 Å². The lowest BCUT2D eigenvalue weighted by Crippen LogP contribution is -2.19. The fraction of sp³-hybridized carbons (Fsp3) is 0.241. The zero-order chi connectivity index (χ0) is 26.9. The van der Waals surface area contributed by atoms with Crippen LogP contribution in [0.4, 0.5) is 19.0 Å². The summed E-state index contributed by atoms with van der Waals surface area (Å²) in [4.78, 5) is 16.4. The van der Waals surface area contributed by atoms with Crippen molar-refractivity contribution in [2.24, 2.45) is 0 Å². The number of aryl methyl sites for hydroxylation is 1. The van der Waals surface area contributed by atoms with Crippen molar-refractivity contribution in [1.82, 2.24) is 4.98 Å². The zero-order valence-electron chi connectivity index (χ0n) is 20.5. The third kappa shape index (κ3) is 5.37. The van der Waals surface area contributed by atoms with Gasteiger partial charge in [0.1, 0.15) is 23.4 Å². The largest absolute Gasteiger partial charge is 0.573 e. The van der Waals surface area contributed by atoms with E-state index in [0.29, 0.717) is 12.2 Å². The Hall–Kier alpha value is -4.27. The molecule has 0 aliphatic heterocycles. The lowest BCUT2D eigenvalue weighted by molar-refractivity contribution is -0.275. The van der Waals surface area contributed by atoms with Gasteiger partial charge in [-0.2, -0.15) is 0 Å². The van der Waals surface area contributed by atoms with Crippen LogP contribution in [0.2, 0.25) is 0 Å². The van der Waals surface area contributed by atoms with E-state index in [0.717, 1.165) is 45.5 Å². The molecule has 5 rings (SSSR count). The number of rotatable bonds is 7. The quantitative estimate of drug-likeness (QED) is 0.277. The molecule has 1 aromatic heterocycles. The molecule has 9 heteroatoms. The fourth-order valence-corrected chi connectivity index (χ4v) is 4.80. The van der Waals surface area contributed by atoms with Crippen LogP contribution in [0.25, 0.3) is 21.9 Å². The molecule has 0 amide bonds. The zero-order valence-corrected chi connectivity index (χ0v) is 20.5. The monoisotopic (exact) mass is 522 g/mol. The standard InChI is InChI=1S/C29H25F3N2O4/c1-2-36-27(35)16-23-24(4-3-5-26(23)38-29(30,31)32)37-25-11-10-17-6-8-19(14-21(17)25)20-9-7-18-12-13-34-28(33)22(18)15-20/h3-9,12-15,25H,2,10-11,16H2,1H3,(H2,33,34). The molecule has 1 aliphatic carbocycles. The van der Waals surface area contributed by atoms with Crippen LogP contribution in [-0.4, -0.2) is 23.9 Å². The van der Waals surface area contributed by atoms with E-state index in [1.807, 2.05) is 42.5 Å². The molecule has 6 nitrogen and oxygen atoms in total. The van der Waals surface area contributed by atoms with E-state index in [2.05, 4.69) is 9.72 Å². The van der Waals surface area contributed by atoms with Gasteiger partial charge in [0.2, 0.25) is 0 Å². The maximum absolute atomic E-state index is 13.1. The highest BCUT2D eigenvalue weighted by atomic mass is 19.4. The fourth-order valence-electron chi connectivity index (χ4n) is 4.80. The van der Waals surface area contributed by atoms with Crippen molar-refractivity contribution in [1.29, 1.82) is 0 Å². The molecule has 0 saturated carbocycles. The summed E-state index contributed by atoms with van der Waals surface area (Å²) in [5.41, 5.74) is 10.00. The first kappa shape index (κ1) is 25.4. The molecule has 2 N–H and O–H groups in total. The van der Waals surface area contributed by atoms with E-state index in [1.54, 1.807) is 19.2 Å². The first-order chi connectivity index (χ1) is 18.2. The van der Waals surface area contributed by atoms with Gasteiger partial charge < -0.3 is 19.9 Å². The molecule has 4 aromatic rings. The van der Waals surface area contributed by atoms with Gasteiger partial charge in [-0.25, -0.2) is 4.98 Å². The van der Waals surface area contributed by atoms with Gasteiger partial charge in [0, 0.05) is 17.1 Å². The van der Waals surface area contributed by atoms with E-state index in [4.69, 9.17) is 15.2 Å². The summed E-state index contributed by atoms with van der Waals surface area (Å²) >= 11 is 0. The normalized spacial score (nSPS) is 14.8. The molecular weight excluding hydrogens is 497 g/mol. The molecular formula is C29H25F3N2O4. The number of carbonyl (C=O) groups excluding carboxylic acids is 1. The molecule has 0 saturated heterocycles. The van der Waals surface area contributed by atoms with Crippen molar-refractivity contribution in [3.05, 3.63) is 83.6 Å². The summed E-state index contributed by atoms with van der Waals surface area (Å²) in [5.74, 6) is -0.568. The van der Waals surface area contributed by atoms with Gasteiger partial charge in [0.05, 0.1) is 13.0 Å². The summed E-state index contributed by atoms with van der Waals surface area (Å²) in [6.45, 7) is 1.73. The van der Waals surface area contributed by atoms with Crippen LogP contribution in [0.15, 0.2) is 66.9 Å². The van der Waals surface area contributed by atoms with Crippen LogP contribution in [0.3, 0.4) is 0 Å². The van der Waals surface area contributed by atoms with E-state index in [1.165, 1.54) is 6.07 Å². The molecule has 0 radical (unpaired) electrons. The molecule has 1 unspecified atom stereocenters. The van der Waals surface area contributed by atoms with Crippen LogP contribution in [0.1, 0.15) is 36.1 Å². The highest BCUT2D eigenvalue weighted by molar-refractivity contribution is 5.94. The summed E-state index contributed by atoms with van der Waals surface area (Å²) in [7, 11) is 0. The Morgan fingerprint density at radius 3 is 2.61 bits per heavy atom. The molecule has 196 valence electrons. The van der Waals surface area contributed by atoms with Crippen molar-refractivity contribution in [3.8, 4) is 22.6 Å². The first-order valence-electron chi connectivity index (χ1n) is 12.2. The van der Waals surface area contributed by atoms with E-state index >= 15 is 0 Å². The van der Waals surface area contributed by atoms with Crippen LogP contribution < -0.4 is 15.2 Å². The van der Waals surface area contributed by atoms with Crippen molar-refractivity contribution in [2.75, 3.05) is 12.3 Å². The molecule has 0 bridgehead atoms. The highest BCUT2D eigenvalue weighted by Crippen LogP contribution is 2.41. The van der Waals surface area contributed by atoms with Gasteiger partial charge in [-0.15, -0.1) is 13.2 Å². The van der Waals surface area contributed by atoms with Crippen molar-refractivity contribution in [3.63, 3.8) is 0 Å². The number of carbonyl (C=O) groups is 1. The first-order valence-corrected chi connectivity index (χ1v) is 12.2. The number of alkyl halides is 3.